The molecule has 2 unspecified atom stereocenters. The smallest absolute Gasteiger partial charge is 0.257 e. The summed E-state index contributed by atoms with van der Waals surface area (Å²) in [4.78, 5) is 22.5. The number of imidazole rings is 1. The van der Waals surface area contributed by atoms with E-state index in [2.05, 4.69) is 64.8 Å². The molecule has 0 spiro atoms. The van der Waals surface area contributed by atoms with Gasteiger partial charge in [0.1, 0.15) is 6.17 Å². The molecule has 5 heterocycles. The predicted molar refractivity (Wildman–Crippen MR) is 159 cm³/mol. The van der Waals surface area contributed by atoms with Crippen LogP contribution < -0.4 is 10.6 Å². The van der Waals surface area contributed by atoms with Gasteiger partial charge in [0, 0.05) is 35.3 Å². The van der Waals surface area contributed by atoms with Crippen molar-refractivity contribution in [2.24, 2.45) is 0 Å². The van der Waals surface area contributed by atoms with Crippen LogP contribution in [0.25, 0.3) is 22.0 Å². The number of carbonyl (C=O) groups is 1. The van der Waals surface area contributed by atoms with E-state index in [9.17, 15) is 9.18 Å². The molecule has 0 saturated carbocycles. The minimum absolute atomic E-state index is 0.229. The molecule has 5 aromatic rings. The first-order valence-corrected chi connectivity index (χ1v) is 15.0. The Bertz CT molecular complexity index is 1720. The van der Waals surface area contributed by atoms with Gasteiger partial charge >= 0.3 is 0 Å². The second kappa shape index (κ2) is 10.5. The number of thiazole rings is 1. The number of piperidine rings is 1. The molecule has 1 amide bonds. The third-order valence-electron chi connectivity index (χ3n) is 8.53. The molecule has 8 nitrogen and oxygen atoms in total. The molecule has 7 rings (SSSR count). The van der Waals surface area contributed by atoms with Crippen LogP contribution in [-0.2, 0) is 17.8 Å². The summed E-state index contributed by atoms with van der Waals surface area (Å²) >= 11 is 1.34. The van der Waals surface area contributed by atoms with Crippen molar-refractivity contribution >= 4 is 33.3 Å². The predicted octanol–water partition coefficient (Wildman–Crippen LogP) is 5.56. The lowest BCUT2D eigenvalue weighted by Gasteiger charge is -2.23. The van der Waals surface area contributed by atoms with Crippen LogP contribution in [0.3, 0.4) is 0 Å². The van der Waals surface area contributed by atoms with Gasteiger partial charge in [-0.2, -0.15) is 5.10 Å². The van der Waals surface area contributed by atoms with E-state index in [0.29, 0.717) is 16.7 Å². The zero-order valence-electron chi connectivity index (χ0n) is 23.1. The SMILES string of the molecule is Cc1cc(-c2ccc(C3CCNCC3)cc2)c(C)c2nn(C(C(=O)Nc3nccs3)c3ncn4c3CC(F)C4)cc12. The van der Waals surface area contributed by atoms with Gasteiger partial charge in [0.05, 0.1) is 24.1 Å². The molecule has 2 N–H and O–H groups in total. The summed E-state index contributed by atoms with van der Waals surface area (Å²) in [6.07, 6.45) is 6.77. The highest BCUT2D eigenvalue weighted by Gasteiger charge is 2.34. The average molecular weight is 570 g/mol. The standard InChI is InChI=1S/C31H32FN7OS/c1-18-13-24(22-5-3-20(4-6-22)21-7-9-33-10-8-21)19(2)27-25(18)16-39(37-27)29(30(40)36-31-34-11-12-41-31)28-26-14-23(32)15-38(26)17-35-28/h3-6,11-13,16-17,21,23,29,33H,7-10,14-15H2,1-2H3,(H,34,36,40). The van der Waals surface area contributed by atoms with Gasteiger partial charge in [-0.05, 0) is 73.5 Å². The number of fused-ring (bicyclic) bond motifs is 2. The Balaban J connectivity index is 1.28. The summed E-state index contributed by atoms with van der Waals surface area (Å²) in [5, 5.41) is 14.6. The maximum atomic E-state index is 14.3. The third kappa shape index (κ3) is 4.74. The topological polar surface area (TPSA) is 89.7 Å². The highest BCUT2D eigenvalue weighted by Crippen LogP contribution is 2.35. The fraction of sp³-hybridized carbons (Fsp3) is 0.355. The van der Waals surface area contributed by atoms with Crippen molar-refractivity contribution in [1.29, 1.82) is 0 Å². The van der Waals surface area contributed by atoms with Crippen LogP contribution in [0.5, 0.6) is 0 Å². The van der Waals surface area contributed by atoms with E-state index in [0.717, 1.165) is 51.9 Å². The molecule has 0 radical (unpaired) electrons. The summed E-state index contributed by atoms with van der Waals surface area (Å²) in [6.45, 7) is 6.56. The molecule has 10 heteroatoms. The molecule has 2 aliphatic heterocycles. The number of hydrogen-bond acceptors (Lipinski definition) is 6. The van der Waals surface area contributed by atoms with Crippen molar-refractivity contribution in [3.05, 3.63) is 82.5 Å². The molecule has 0 aliphatic carbocycles. The summed E-state index contributed by atoms with van der Waals surface area (Å²) in [7, 11) is 0. The van der Waals surface area contributed by atoms with Gasteiger partial charge in [-0.25, -0.2) is 14.4 Å². The van der Waals surface area contributed by atoms with E-state index in [-0.39, 0.29) is 18.9 Å². The van der Waals surface area contributed by atoms with Crippen molar-refractivity contribution in [3.8, 4) is 11.1 Å². The number of nitrogens with zero attached hydrogens (tertiary/aromatic N) is 5. The van der Waals surface area contributed by atoms with E-state index in [4.69, 9.17) is 5.10 Å². The average Bonchev–Trinajstić information content (AvgIpc) is 3.78. The van der Waals surface area contributed by atoms with Crippen LogP contribution in [0.2, 0.25) is 0 Å². The van der Waals surface area contributed by atoms with Crippen LogP contribution in [0, 0.1) is 13.8 Å². The van der Waals surface area contributed by atoms with Gasteiger partial charge in [0.15, 0.2) is 11.2 Å². The minimum Gasteiger partial charge on any atom is -0.331 e. The summed E-state index contributed by atoms with van der Waals surface area (Å²) in [5.41, 5.74) is 7.91. The van der Waals surface area contributed by atoms with Gasteiger partial charge in [0.2, 0.25) is 0 Å². The maximum absolute atomic E-state index is 14.3. The number of nitrogens with one attached hydrogen (secondary N) is 2. The number of aryl methyl sites for hydroxylation is 2. The summed E-state index contributed by atoms with van der Waals surface area (Å²) in [6, 6.07) is 10.3. The maximum Gasteiger partial charge on any atom is 0.257 e. The van der Waals surface area contributed by atoms with Crippen molar-refractivity contribution in [1.82, 2.24) is 29.6 Å². The lowest BCUT2D eigenvalue weighted by molar-refractivity contribution is -0.118. The van der Waals surface area contributed by atoms with Crippen molar-refractivity contribution < 1.29 is 9.18 Å². The molecule has 0 bridgehead atoms. The van der Waals surface area contributed by atoms with Crippen LogP contribution in [0.1, 0.15) is 52.9 Å². The second-order valence-corrected chi connectivity index (χ2v) is 12.0. The zero-order chi connectivity index (χ0) is 28.1. The van der Waals surface area contributed by atoms with Crippen molar-refractivity contribution in [3.63, 3.8) is 0 Å². The Morgan fingerprint density at radius 1 is 1.17 bits per heavy atom. The highest BCUT2D eigenvalue weighted by atomic mass is 32.1. The van der Waals surface area contributed by atoms with E-state index in [1.165, 1.54) is 29.7 Å². The normalized spacial score (nSPS) is 18.1. The van der Waals surface area contributed by atoms with Gasteiger partial charge in [-0.15, -0.1) is 11.3 Å². The van der Waals surface area contributed by atoms with E-state index >= 15 is 0 Å². The number of halogens is 1. The first kappa shape index (κ1) is 26.0. The van der Waals surface area contributed by atoms with Crippen molar-refractivity contribution in [2.45, 2.75) is 57.8 Å². The Morgan fingerprint density at radius 2 is 1.98 bits per heavy atom. The van der Waals surface area contributed by atoms with Gasteiger partial charge in [0.25, 0.3) is 5.91 Å². The molecule has 2 aliphatic rings. The largest absolute Gasteiger partial charge is 0.331 e. The monoisotopic (exact) mass is 569 g/mol. The van der Waals surface area contributed by atoms with Gasteiger partial charge in [-0.1, -0.05) is 30.3 Å². The fourth-order valence-corrected chi connectivity index (χ4v) is 6.89. The number of aromatic nitrogens is 5. The van der Waals surface area contributed by atoms with Crippen molar-refractivity contribution in [2.75, 3.05) is 18.4 Å². The zero-order valence-corrected chi connectivity index (χ0v) is 23.9. The van der Waals surface area contributed by atoms with Gasteiger partial charge < -0.3 is 9.88 Å². The van der Waals surface area contributed by atoms with Crippen LogP contribution in [0.15, 0.2) is 54.4 Å². The molecule has 1 fully saturated rings. The van der Waals surface area contributed by atoms with E-state index < -0.39 is 12.2 Å². The lowest BCUT2D eigenvalue weighted by atomic mass is 9.88. The first-order chi connectivity index (χ1) is 20.0. The van der Waals surface area contributed by atoms with Gasteiger partial charge in [-0.3, -0.25) is 14.8 Å². The Labute approximate surface area is 241 Å². The summed E-state index contributed by atoms with van der Waals surface area (Å²) in [5.74, 6) is 0.302. The molecule has 41 heavy (non-hydrogen) atoms. The number of hydrogen-bond donors (Lipinski definition) is 2. The Kier molecular flexibility index (Phi) is 6.67. The molecular formula is C31H32FN7OS. The number of alkyl halides is 1. The highest BCUT2D eigenvalue weighted by molar-refractivity contribution is 7.13. The third-order valence-corrected chi connectivity index (χ3v) is 9.22. The fourth-order valence-electron chi connectivity index (χ4n) is 6.36. The summed E-state index contributed by atoms with van der Waals surface area (Å²) < 4.78 is 17.8. The lowest BCUT2D eigenvalue weighted by Crippen LogP contribution is -2.28. The Morgan fingerprint density at radius 3 is 2.73 bits per heavy atom. The number of benzene rings is 2. The molecule has 2 aromatic carbocycles. The minimum atomic E-state index is -0.987. The molecule has 3 aromatic heterocycles. The molecule has 210 valence electrons. The molecule has 1 saturated heterocycles. The molecular weight excluding hydrogens is 537 g/mol. The van der Waals surface area contributed by atoms with E-state index in [1.54, 1.807) is 21.8 Å². The van der Waals surface area contributed by atoms with Crippen LogP contribution in [-0.4, -0.2) is 49.5 Å². The number of rotatable bonds is 6. The number of amides is 1. The first-order valence-electron chi connectivity index (χ1n) is 14.1. The van der Waals surface area contributed by atoms with Crippen LogP contribution in [0.4, 0.5) is 9.52 Å². The Hall–Kier alpha value is -3.89. The van der Waals surface area contributed by atoms with Crippen LogP contribution >= 0.6 is 11.3 Å². The second-order valence-electron chi connectivity index (χ2n) is 11.1. The number of carbonyl (C=O) groups excluding carboxylic acids is 1. The molecule has 2 atom stereocenters. The van der Waals surface area contributed by atoms with E-state index in [1.807, 2.05) is 11.6 Å². The number of anilines is 1. The quantitative estimate of drug-likeness (QED) is 0.279.